The van der Waals surface area contributed by atoms with Gasteiger partial charge in [0.2, 0.25) is 0 Å². The first kappa shape index (κ1) is 16.5. The van der Waals surface area contributed by atoms with Crippen LogP contribution in [0.2, 0.25) is 0 Å². The lowest BCUT2D eigenvalue weighted by atomic mass is 9.99. The molecule has 0 fully saturated rings. The average molecular weight is 276 g/mol. The van der Waals surface area contributed by atoms with Crippen molar-refractivity contribution >= 4 is 18.4 Å². The topological polar surface area (TPSA) is 81.8 Å². The van der Waals surface area contributed by atoms with Gasteiger partial charge in [0, 0.05) is 12.6 Å². The Labute approximate surface area is 112 Å². The molecule has 0 amide bonds. The fourth-order valence-electron chi connectivity index (χ4n) is 1.56. The number of aliphatic carboxylic acids is 1. The Kier molecular flexibility index (Phi) is 7.16. The maximum absolute atomic E-state index is 10.9. The van der Waals surface area contributed by atoms with Crippen molar-refractivity contribution in [1.29, 1.82) is 0 Å². The van der Waals surface area contributed by atoms with Gasteiger partial charge in [-0.3, -0.25) is 4.79 Å². The molecule has 102 valence electrons. The molecular weight excluding hydrogens is 258 g/mol. The van der Waals surface area contributed by atoms with E-state index in [-0.39, 0.29) is 19.0 Å². The van der Waals surface area contributed by atoms with Crippen LogP contribution in [-0.4, -0.2) is 31.8 Å². The molecule has 3 N–H and O–H groups in total. The van der Waals surface area contributed by atoms with Crippen LogP contribution in [-0.2, 0) is 11.2 Å². The highest BCUT2D eigenvalue weighted by molar-refractivity contribution is 5.85. The van der Waals surface area contributed by atoms with E-state index in [1.165, 1.54) is 7.11 Å². The zero-order valence-corrected chi connectivity index (χ0v) is 11.2. The summed E-state index contributed by atoms with van der Waals surface area (Å²) in [5.41, 5.74) is 6.23. The second-order valence-corrected chi connectivity index (χ2v) is 3.65. The Morgan fingerprint density at radius 1 is 1.39 bits per heavy atom. The quantitative estimate of drug-likeness (QED) is 0.818. The lowest BCUT2D eigenvalue weighted by Crippen LogP contribution is -2.25. The van der Waals surface area contributed by atoms with Gasteiger partial charge in [0.15, 0.2) is 0 Å². The van der Waals surface area contributed by atoms with Gasteiger partial charge in [-0.05, 0) is 18.1 Å². The van der Waals surface area contributed by atoms with Crippen LogP contribution >= 0.6 is 12.4 Å². The van der Waals surface area contributed by atoms with Crippen molar-refractivity contribution in [2.24, 2.45) is 11.7 Å². The third kappa shape index (κ3) is 4.09. The van der Waals surface area contributed by atoms with Crippen molar-refractivity contribution in [1.82, 2.24) is 0 Å². The predicted molar refractivity (Wildman–Crippen MR) is 70.7 cm³/mol. The van der Waals surface area contributed by atoms with E-state index in [1.807, 2.05) is 0 Å². The SMILES string of the molecule is COc1ccc(C[C@@H](CN)C(=O)O)c(OC)c1.Cl. The van der Waals surface area contributed by atoms with Gasteiger partial charge < -0.3 is 20.3 Å². The second kappa shape index (κ2) is 7.79. The number of benzene rings is 1. The first-order chi connectivity index (χ1) is 8.12. The highest BCUT2D eigenvalue weighted by atomic mass is 35.5. The van der Waals surface area contributed by atoms with Gasteiger partial charge >= 0.3 is 5.97 Å². The fourth-order valence-corrected chi connectivity index (χ4v) is 1.56. The molecule has 6 heteroatoms. The van der Waals surface area contributed by atoms with Gasteiger partial charge in [0.05, 0.1) is 20.1 Å². The summed E-state index contributed by atoms with van der Waals surface area (Å²) >= 11 is 0. The molecule has 0 spiro atoms. The number of ether oxygens (including phenoxy) is 2. The Balaban J connectivity index is 0.00000289. The lowest BCUT2D eigenvalue weighted by Gasteiger charge is -2.13. The van der Waals surface area contributed by atoms with Crippen LogP contribution in [0.15, 0.2) is 18.2 Å². The van der Waals surface area contributed by atoms with E-state index in [0.29, 0.717) is 17.9 Å². The molecule has 0 bridgehead atoms. The number of hydrogen-bond donors (Lipinski definition) is 2. The standard InChI is InChI=1S/C12H17NO4.ClH/c1-16-10-4-3-8(11(6-10)17-2)5-9(7-13)12(14)15;/h3-4,6,9H,5,7,13H2,1-2H3,(H,14,15);1H/t9-;/m0./s1. The summed E-state index contributed by atoms with van der Waals surface area (Å²) in [6.07, 6.45) is 0.346. The van der Waals surface area contributed by atoms with E-state index in [4.69, 9.17) is 20.3 Å². The van der Waals surface area contributed by atoms with Gasteiger partial charge in [0.25, 0.3) is 0 Å². The number of carbonyl (C=O) groups is 1. The predicted octanol–water partition coefficient (Wildman–Crippen LogP) is 1.33. The molecule has 5 nitrogen and oxygen atoms in total. The first-order valence-corrected chi connectivity index (χ1v) is 5.26. The summed E-state index contributed by atoms with van der Waals surface area (Å²) in [4.78, 5) is 10.9. The fraction of sp³-hybridized carbons (Fsp3) is 0.417. The van der Waals surface area contributed by atoms with Crippen LogP contribution < -0.4 is 15.2 Å². The van der Waals surface area contributed by atoms with Gasteiger partial charge in [-0.2, -0.15) is 0 Å². The molecule has 1 rings (SSSR count). The molecule has 18 heavy (non-hydrogen) atoms. The largest absolute Gasteiger partial charge is 0.497 e. The van der Waals surface area contributed by atoms with E-state index < -0.39 is 11.9 Å². The maximum Gasteiger partial charge on any atom is 0.308 e. The number of carboxylic acids is 1. The molecule has 0 saturated carbocycles. The van der Waals surface area contributed by atoms with Crippen LogP contribution in [0.5, 0.6) is 11.5 Å². The molecule has 1 atom stereocenters. The molecular formula is C12H18ClNO4. The van der Waals surface area contributed by atoms with Crippen molar-refractivity contribution in [3.05, 3.63) is 23.8 Å². The number of carboxylic acid groups (broad SMARTS) is 1. The van der Waals surface area contributed by atoms with Gasteiger partial charge in [-0.15, -0.1) is 12.4 Å². The molecule has 0 aliphatic rings. The van der Waals surface area contributed by atoms with Gasteiger partial charge in [0.1, 0.15) is 11.5 Å². The molecule has 0 aliphatic heterocycles. The first-order valence-electron chi connectivity index (χ1n) is 5.26. The normalized spacial score (nSPS) is 11.3. The van der Waals surface area contributed by atoms with Crippen LogP contribution in [0.3, 0.4) is 0 Å². The third-order valence-electron chi connectivity index (χ3n) is 2.59. The zero-order valence-electron chi connectivity index (χ0n) is 10.4. The van der Waals surface area contributed by atoms with Crippen LogP contribution in [0.4, 0.5) is 0 Å². The van der Waals surface area contributed by atoms with E-state index in [1.54, 1.807) is 25.3 Å². The van der Waals surface area contributed by atoms with Crippen molar-refractivity contribution in [3.8, 4) is 11.5 Å². The van der Waals surface area contributed by atoms with E-state index in [2.05, 4.69) is 0 Å². The smallest absolute Gasteiger partial charge is 0.308 e. The van der Waals surface area contributed by atoms with Crippen molar-refractivity contribution < 1.29 is 19.4 Å². The molecule has 0 heterocycles. The highest BCUT2D eigenvalue weighted by Gasteiger charge is 2.18. The summed E-state index contributed by atoms with van der Waals surface area (Å²) in [5.74, 6) is -0.211. The van der Waals surface area contributed by atoms with E-state index >= 15 is 0 Å². The summed E-state index contributed by atoms with van der Waals surface area (Å²) in [6.45, 7) is 0.102. The van der Waals surface area contributed by atoms with Crippen molar-refractivity contribution in [3.63, 3.8) is 0 Å². The number of methoxy groups -OCH3 is 2. The number of halogens is 1. The minimum atomic E-state index is -0.898. The van der Waals surface area contributed by atoms with Gasteiger partial charge in [-0.25, -0.2) is 0 Å². The number of rotatable bonds is 6. The Hall–Kier alpha value is -1.46. The monoisotopic (exact) mass is 275 g/mol. The number of hydrogen-bond acceptors (Lipinski definition) is 4. The lowest BCUT2D eigenvalue weighted by molar-refractivity contribution is -0.141. The van der Waals surface area contributed by atoms with Crippen LogP contribution in [0.1, 0.15) is 5.56 Å². The Morgan fingerprint density at radius 3 is 2.50 bits per heavy atom. The summed E-state index contributed by atoms with van der Waals surface area (Å²) in [5, 5.41) is 8.95. The molecule has 0 saturated heterocycles. The summed E-state index contributed by atoms with van der Waals surface area (Å²) in [6, 6.07) is 5.29. The van der Waals surface area contributed by atoms with Crippen LogP contribution in [0.25, 0.3) is 0 Å². The summed E-state index contributed by atoms with van der Waals surface area (Å²) in [7, 11) is 3.10. The van der Waals surface area contributed by atoms with Crippen molar-refractivity contribution in [2.75, 3.05) is 20.8 Å². The van der Waals surface area contributed by atoms with Gasteiger partial charge in [-0.1, -0.05) is 6.07 Å². The molecule has 0 aromatic heterocycles. The zero-order chi connectivity index (χ0) is 12.8. The highest BCUT2D eigenvalue weighted by Crippen LogP contribution is 2.26. The van der Waals surface area contributed by atoms with E-state index in [0.717, 1.165) is 5.56 Å². The van der Waals surface area contributed by atoms with Crippen molar-refractivity contribution in [2.45, 2.75) is 6.42 Å². The second-order valence-electron chi connectivity index (χ2n) is 3.65. The number of nitrogens with two attached hydrogens (primary N) is 1. The van der Waals surface area contributed by atoms with E-state index in [9.17, 15) is 4.79 Å². The third-order valence-corrected chi connectivity index (χ3v) is 2.59. The minimum Gasteiger partial charge on any atom is -0.497 e. The molecule has 1 aromatic rings. The molecule has 1 aromatic carbocycles. The molecule has 0 aliphatic carbocycles. The maximum atomic E-state index is 10.9. The van der Waals surface area contributed by atoms with Crippen LogP contribution in [0, 0.1) is 5.92 Å². The summed E-state index contributed by atoms with van der Waals surface area (Å²) < 4.78 is 10.3. The minimum absolute atomic E-state index is 0. The molecule has 0 unspecified atom stereocenters. The Morgan fingerprint density at radius 2 is 2.06 bits per heavy atom. The average Bonchev–Trinajstić information content (AvgIpc) is 2.35. The molecule has 0 radical (unpaired) electrons. The Bertz CT molecular complexity index is 398.